The number of rotatable bonds is 7. The van der Waals surface area contributed by atoms with Crippen LogP contribution in [0, 0.1) is 0 Å². The molecule has 3 rings (SSSR count). The molecule has 0 radical (unpaired) electrons. The number of methoxy groups -OCH3 is 1. The Morgan fingerprint density at radius 1 is 1.16 bits per heavy atom. The van der Waals surface area contributed by atoms with Crippen molar-refractivity contribution in [3.05, 3.63) is 59.1 Å². The smallest absolute Gasteiger partial charge is 0.416 e. The minimum absolute atomic E-state index is 0.150. The van der Waals surface area contributed by atoms with Gasteiger partial charge >= 0.3 is 12.1 Å². The molecule has 3 aromatic rings. The van der Waals surface area contributed by atoms with Gasteiger partial charge in [0.15, 0.2) is 11.0 Å². The number of aromatic nitrogens is 3. The zero-order chi connectivity index (χ0) is 23.3. The lowest BCUT2D eigenvalue weighted by Gasteiger charge is -2.13. The molecule has 1 aromatic heterocycles. The number of esters is 1. The Balaban J connectivity index is 1.98. The van der Waals surface area contributed by atoms with Gasteiger partial charge in [-0.1, -0.05) is 41.6 Å². The molecule has 2 aromatic carbocycles. The first-order valence-corrected chi connectivity index (χ1v) is 10.4. The largest absolute Gasteiger partial charge is 0.468 e. The number of carbonyl (C=O) groups excluding carboxylic acids is 2. The Morgan fingerprint density at radius 3 is 2.59 bits per heavy atom. The van der Waals surface area contributed by atoms with Crippen LogP contribution in [0.1, 0.15) is 5.56 Å². The Bertz CT molecular complexity index is 1140. The van der Waals surface area contributed by atoms with Crippen molar-refractivity contribution in [2.24, 2.45) is 0 Å². The van der Waals surface area contributed by atoms with Crippen molar-refractivity contribution < 1.29 is 27.5 Å². The average Bonchev–Trinajstić information content (AvgIpc) is 3.19. The van der Waals surface area contributed by atoms with E-state index >= 15 is 0 Å². The number of nitrogens with one attached hydrogen (secondary N) is 1. The summed E-state index contributed by atoms with van der Waals surface area (Å²) in [6, 6.07) is 11.4. The van der Waals surface area contributed by atoms with Crippen molar-refractivity contribution in [1.82, 2.24) is 20.1 Å². The van der Waals surface area contributed by atoms with E-state index in [1.807, 2.05) is 0 Å². The van der Waals surface area contributed by atoms with E-state index in [9.17, 15) is 22.8 Å². The Hall–Kier alpha value is -3.05. The molecule has 12 heteroatoms. The molecule has 1 heterocycles. The van der Waals surface area contributed by atoms with E-state index in [0.717, 1.165) is 23.9 Å². The van der Waals surface area contributed by atoms with Gasteiger partial charge in [-0.05, 0) is 30.3 Å². The summed E-state index contributed by atoms with van der Waals surface area (Å²) in [5, 5.41) is 11.0. The van der Waals surface area contributed by atoms with Gasteiger partial charge in [0.2, 0.25) is 5.91 Å². The molecule has 0 bridgehead atoms. The van der Waals surface area contributed by atoms with Crippen LogP contribution in [-0.2, 0) is 20.5 Å². The summed E-state index contributed by atoms with van der Waals surface area (Å²) < 4.78 is 45.7. The maximum Gasteiger partial charge on any atom is 0.416 e. The molecule has 168 valence electrons. The second kappa shape index (κ2) is 10.0. The molecular formula is C20H16ClF3N4O3S. The van der Waals surface area contributed by atoms with Gasteiger partial charge in [-0.3, -0.25) is 14.2 Å². The lowest BCUT2D eigenvalue weighted by molar-refractivity contribution is -0.141. The van der Waals surface area contributed by atoms with Crippen molar-refractivity contribution in [3.8, 4) is 17.1 Å². The third-order valence-electron chi connectivity index (χ3n) is 4.17. The molecule has 0 saturated heterocycles. The van der Waals surface area contributed by atoms with Crippen molar-refractivity contribution in [1.29, 1.82) is 0 Å². The molecule has 7 nitrogen and oxygen atoms in total. The monoisotopic (exact) mass is 484 g/mol. The summed E-state index contributed by atoms with van der Waals surface area (Å²) in [5.74, 6) is -1.04. The highest BCUT2D eigenvalue weighted by molar-refractivity contribution is 7.99. The van der Waals surface area contributed by atoms with Gasteiger partial charge in [-0.25, -0.2) is 0 Å². The number of hydrogen-bond acceptors (Lipinski definition) is 6. The molecule has 0 saturated carbocycles. The Kier molecular flexibility index (Phi) is 7.41. The van der Waals surface area contributed by atoms with E-state index in [4.69, 9.17) is 11.6 Å². The fourth-order valence-corrected chi connectivity index (χ4v) is 3.66. The fraction of sp³-hybridized carbons (Fsp3) is 0.200. The molecule has 1 amide bonds. The van der Waals surface area contributed by atoms with Gasteiger partial charge in [0.1, 0.15) is 6.54 Å². The molecule has 32 heavy (non-hydrogen) atoms. The van der Waals surface area contributed by atoms with Gasteiger partial charge in [0, 0.05) is 5.56 Å². The summed E-state index contributed by atoms with van der Waals surface area (Å²) in [4.78, 5) is 23.2. The van der Waals surface area contributed by atoms with Crippen molar-refractivity contribution in [2.45, 2.75) is 11.3 Å². The van der Waals surface area contributed by atoms with Crippen LogP contribution in [0.25, 0.3) is 17.1 Å². The standard InChI is InChI=1S/C20H16ClF3N4O3S/c1-31-17(30)10-25-16(29)11-32-19-27-26-18(14-7-2-3-8-15(14)21)28(19)13-6-4-5-12(9-13)20(22,23)24/h2-9H,10-11H2,1H3,(H,25,29). The van der Waals surface area contributed by atoms with Crippen molar-refractivity contribution in [2.75, 3.05) is 19.4 Å². The van der Waals surface area contributed by atoms with E-state index < -0.39 is 23.6 Å². The number of halogens is 4. The zero-order valence-electron chi connectivity index (χ0n) is 16.5. The number of nitrogens with zero attached hydrogens (tertiary/aromatic N) is 3. The highest BCUT2D eigenvalue weighted by atomic mass is 35.5. The fourth-order valence-electron chi connectivity index (χ4n) is 2.66. The zero-order valence-corrected chi connectivity index (χ0v) is 18.1. The molecule has 0 aliphatic heterocycles. The van der Waals surface area contributed by atoms with E-state index in [0.29, 0.717) is 10.6 Å². The van der Waals surface area contributed by atoms with Crippen LogP contribution < -0.4 is 5.32 Å². The van der Waals surface area contributed by atoms with Gasteiger partial charge in [0.25, 0.3) is 0 Å². The summed E-state index contributed by atoms with van der Waals surface area (Å²) in [6.07, 6.45) is -4.55. The van der Waals surface area contributed by atoms with Gasteiger partial charge < -0.3 is 10.1 Å². The first-order valence-electron chi connectivity index (χ1n) is 9.05. The topological polar surface area (TPSA) is 86.1 Å². The molecular weight excluding hydrogens is 469 g/mol. The van der Waals surface area contributed by atoms with Crippen molar-refractivity contribution in [3.63, 3.8) is 0 Å². The molecule has 1 N–H and O–H groups in total. The SMILES string of the molecule is COC(=O)CNC(=O)CSc1nnc(-c2ccccc2Cl)n1-c1cccc(C(F)(F)F)c1. The molecule has 0 spiro atoms. The van der Waals surface area contributed by atoms with Crippen LogP contribution in [-0.4, -0.2) is 46.0 Å². The minimum atomic E-state index is -4.55. The van der Waals surface area contributed by atoms with Gasteiger partial charge in [0.05, 0.1) is 29.1 Å². The second-order valence-corrected chi connectivity index (χ2v) is 7.66. The maximum atomic E-state index is 13.3. The molecule has 0 atom stereocenters. The van der Waals surface area contributed by atoms with E-state index in [2.05, 4.69) is 20.3 Å². The maximum absolute atomic E-state index is 13.3. The predicted molar refractivity (Wildman–Crippen MR) is 113 cm³/mol. The summed E-state index contributed by atoms with van der Waals surface area (Å²) in [6.45, 7) is -0.304. The molecule has 0 unspecified atom stereocenters. The normalized spacial score (nSPS) is 11.3. The van der Waals surface area contributed by atoms with E-state index in [1.165, 1.54) is 23.8 Å². The van der Waals surface area contributed by atoms with Crippen LogP contribution in [0.3, 0.4) is 0 Å². The molecule has 0 aliphatic carbocycles. The number of amides is 1. The number of ether oxygens (including phenoxy) is 1. The quantitative estimate of drug-likeness (QED) is 0.403. The number of thioether (sulfide) groups is 1. The van der Waals surface area contributed by atoms with Crippen LogP contribution in [0.5, 0.6) is 0 Å². The van der Waals surface area contributed by atoms with Crippen LogP contribution in [0.4, 0.5) is 13.2 Å². The predicted octanol–water partition coefficient (Wildman–Crippen LogP) is 3.99. The lowest BCUT2D eigenvalue weighted by atomic mass is 10.1. The minimum Gasteiger partial charge on any atom is -0.468 e. The van der Waals surface area contributed by atoms with Gasteiger partial charge in [-0.2, -0.15) is 13.2 Å². The summed E-state index contributed by atoms with van der Waals surface area (Å²) in [5.41, 5.74) is -0.237. The number of carbonyl (C=O) groups is 2. The second-order valence-electron chi connectivity index (χ2n) is 6.31. The lowest BCUT2D eigenvalue weighted by Crippen LogP contribution is -2.31. The third kappa shape index (κ3) is 5.60. The molecule has 0 fully saturated rings. The van der Waals surface area contributed by atoms with Gasteiger partial charge in [-0.15, -0.1) is 10.2 Å². The van der Waals surface area contributed by atoms with Crippen molar-refractivity contribution >= 4 is 35.2 Å². The van der Waals surface area contributed by atoms with Crippen LogP contribution in [0.2, 0.25) is 5.02 Å². The number of hydrogen-bond donors (Lipinski definition) is 1. The Labute approximate surface area is 189 Å². The third-order valence-corrected chi connectivity index (χ3v) is 5.43. The number of alkyl halides is 3. The Morgan fingerprint density at radius 2 is 1.91 bits per heavy atom. The first-order chi connectivity index (χ1) is 15.2. The highest BCUT2D eigenvalue weighted by Crippen LogP contribution is 2.34. The average molecular weight is 485 g/mol. The van der Waals surface area contributed by atoms with Crippen LogP contribution in [0.15, 0.2) is 53.7 Å². The summed E-state index contributed by atoms with van der Waals surface area (Å²) in [7, 11) is 1.19. The highest BCUT2D eigenvalue weighted by Gasteiger charge is 2.31. The van der Waals surface area contributed by atoms with Crippen LogP contribution >= 0.6 is 23.4 Å². The first kappa shape index (κ1) is 23.6. The number of benzene rings is 2. The van der Waals surface area contributed by atoms with E-state index in [-0.39, 0.29) is 29.0 Å². The molecule has 0 aliphatic rings. The summed E-state index contributed by atoms with van der Waals surface area (Å²) >= 11 is 7.21. The van der Waals surface area contributed by atoms with E-state index in [1.54, 1.807) is 24.3 Å².